The van der Waals surface area contributed by atoms with E-state index in [1.165, 1.54) is 5.56 Å². The van der Waals surface area contributed by atoms with Crippen LogP contribution in [0.15, 0.2) is 18.3 Å². The number of carbonyl (C=O) groups excluding carboxylic acids is 1. The molecule has 1 aliphatic heterocycles. The molecule has 0 aliphatic carbocycles. The smallest absolute Gasteiger partial charge is 0.221 e. The molecule has 0 saturated carbocycles. The zero-order valence-electron chi connectivity index (χ0n) is 11.4. The Morgan fingerprint density at radius 3 is 3.00 bits per heavy atom. The van der Waals surface area contributed by atoms with Crippen molar-refractivity contribution >= 4 is 11.7 Å². The topological polar surface area (TPSA) is 71.2 Å². The van der Waals surface area contributed by atoms with Crippen molar-refractivity contribution in [2.24, 2.45) is 11.7 Å². The van der Waals surface area contributed by atoms with Gasteiger partial charge in [0.1, 0.15) is 5.82 Å². The van der Waals surface area contributed by atoms with Crippen molar-refractivity contribution < 1.29 is 4.79 Å². The Morgan fingerprint density at radius 2 is 2.42 bits per heavy atom. The standard InChI is InChI=1S/C14H22N4O/c1-2-6-16-13-4-3-11(8-17-13)9-18-7-5-12(10-18)14(15)19/h3-4,8,12H,2,5-7,9-10H2,1H3,(H2,15,19)(H,16,17). The molecule has 3 N–H and O–H groups in total. The first-order valence-corrected chi connectivity index (χ1v) is 6.89. The minimum absolute atomic E-state index is 0.0125. The molecular formula is C14H22N4O. The molecule has 0 aromatic carbocycles. The Kier molecular flexibility index (Phi) is 4.74. The largest absolute Gasteiger partial charge is 0.370 e. The van der Waals surface area contributed by atoms with E-state index < -0.39 is 0 Å². The van der Waals surface area contributed by atoms with E-state index in [9.17, 15) is 4.79 Å². The molecular weight excluding hydrogens is 240 g/mol. The third-order valence-corrected chi connectivity index (χ3v) is 3.46. The molecule has 1 amide bonds. The Balaban J connectivity index is 1.85. The summed E-state index contributed by atoms with van der Waals surface area (Å²) in [5, 5.41) is 3.25. The van der Waals surface area contributed by atoms with Crippen LogP contribution >= 0.6 is 0 Å². The Bertz CT molecular complexity index is 418. The lowest BCUT2D eigenvalue weighted by Gasteiger charge is -2.15. The van der Waals surface area contributed by atoms with Crippen molar-refractivity contribution in [3.63, 3.8) is 0 Å². The molecule has 2 heterocycles. The van der Waals surface area contributed by atoms with Gasteiger partial charge in [-0.2, -0.15) is 0 Å². The fourth-order valence-corrected chi connectivity index (χ4v) is 2.34. The fraction of sp³-hybridized carbons (Fsp3) is 0.571. The molecule has 0 spiro atoms. The molecule has 104 valence electrons. The molecule has 1 aliphatic rings. The van der Waals surface area contributed by atoms with Crippen LogP contribution in [0.1, 0.15) is 25.3 Å². The highest BCUT2D eigenvalue weighted by atomic mass is 16.1. The second-order valence-corrected chi connectivity index (χ2v) is 5.10. The third-order valence-electron chi connectivity index (χ3n) is 3.46. The van der Waals surface area contributed by atoms with Crippen molar-refractivity contribution in [3.8, 4) is 0 Å². The van der Waals surface area contributed by atoms with Gasteiger partial charge in [-0.25, -0.2) is 4.98 Å². The van der Waals surface area contributed by atoms with Crippen molar-refractivity contribution in [1.82, 2.24) is 9.88 Å². The van der Waals surface area contributed by atoms with E-state index in [0.29, 0.717) is 0 Å². The highest BCUT2D eigenvalue weighted by Crippen LogP contribution is 2.18. The summed E-state index contributed by atoms with van der Waals surface area (Å²) in [5.74, 6) is 0.750. The second kappa shape index (κ2) is 6.52. The average Bonchev–Trinajstić information content (AvgIpc) is 2.87. The Labute approximate surface area is 114 Å². The predicted octanol–water partition coefficient (Wildman–Crippen LogP) is 1.21. The van der Waals surface area contributed by atoms with E-state index in [2.05, 4.69) is 28.2 Å². The first-order chi connectivity index (χ1) is 9.19. The SMILES string of the molecule is CCCNc1ccc(CN2CCC(C(N)=O)C2)cn1. The number of hydrogen-bond acceptors (Lipinski definition) is 4. The van der Waals surface area contributed by atoms with Gasteiger partial charge in [-0.3, -0.25) is 9.69 Å². The minimum atomic E-state index is -0.181. The maximum atomic E-state index is 11.1. The summed E-state index contributed by atoms with van der Waals surface area (Å²) < 4.78 is 0. The van der Waals surface area contributed by atoms with E-state index in [0.717, 1.165) is 44.8 Å². The van der Waals surface area contributed by atoms with E-state index in [4.69, 9.17) is 5.73 Å². The molecule has 1 unspecified atom stereocenters. The molecule has 1 aromatic rings. The molecule has 19 heavy (non-hydrogen) atoms. The summed E-state index contributed by atoms with van der Waals surface area (Å²) in [4.78, 5) is 17.8. The number of nitrogens with zero attached hydrogens (tertiary/aromatic N) is 2. The summed E-state index contributed by atoms with van der Waals surface area (Å²) >= 11 is 0. The zero-order chi connectivity index (χ0) is 13.7. The van der Waals surface area contributed by atoms with Crippen molar-refractivity contribution in [2.75, 3.05) is 25.0 Å². The van der Waals surface area contributed by atoms with Gasteiger partial charge in [0.25, 0.3) is 0 Å². The minimum Gasteiger partial charge on any atom is -0.370 e. The normalized spacial score (nSPS) is 19.5. The van der Waals surface area contributed by atoms with Crippen molar-refractivity contribution in [3.05, 3.63) is 23.9 Å². The van der Waals surface area contributed by atoms with Gasteiger partial charge in [-0.15, -0.1) is 0 Å². The molecule has 5 heteroatoms. The van der Waals surface area contributed by atoms with Crippen LogP contribution in [0, 0.1) is 5.92 Å². The molecule has 1 saturated heterocycles. The molecule has 1 atom stereocenters. The van der Waals surface area contributed by atoms with Crippen LogP contribution in [0.2, 0.25) is 0 Å². The monoisotopic (exact) mass is 262 g/mol. The number of nitrogens with two attached hydrogens (primary N) is 1. The van der Waals surface area contributed by atoms with Crippen LogP contribution in [-0.2, 0) is 11.3 Å². The number of nitrogens with one attached hydrogen (secondary N) is 1. The Morgan fingerprint density at radius 1 is 1.58 bits per heavy atom. The van der Waals surface area contributed by atoms with Gasteiger partial charge in [-0.05, 0) is 31.0 Å². The lowest BCUT2D eigenvalue weighted by molar-refractivity contribution is -0.121. The number of amides is 1. The van der Waals surface area contributed by atoms with Crippen LogP contribution in [0.25, 0.3) is 0 Å². The Hall–Kier alpha value is -1.62. The van der Waals surface area contributed by atoms with Crippen molar-refractivity contribution in [2.45, 2.75) is 26.3 Å². The van der Waals surface area contributed by atoms with Crippen LogP contribution in [-0.4, -0.2) is 35.4 Å². The quantitative estimate of drug-likeness (QED) is 0.808. The summed E-state index contributed by atoms with van der Waals surface area (Å²) in [6.07, 6.45) is 3.86. The van der Waals surface area contributed by atoms with Crippen LogP contribution in [0.5, 0.6) is 0 Å². The molecule has 5 nitrogen and oxygen atoms in total. The lowest BCUT2D eigenvalue weighted by Crippen LogP contribution is -2.27. The first kappa shape index (κ1) is 13.8. The highest BCUT2D eigenvalue weighted by molar-refractivity contribution is 5.77. The maximum absolute atomic E-state index is 11.1. The lowest BCUT2D eigenvalue weighted by atomic mass is 10.1. The first-order valence-electron chi connectivity index (χ1n) is 6.89. The van der Waals surface area contributed by atoms with Gasteiger partial charge in [0.05, 0.1) is 5.92 Å². The number of hydrogen-bond donors (Lipinski definition) is 2. The number of likely N-dealkylation sites (tertiary alicyclic amines) is 1. The number of rotatable bonds is 6. The van der Waals surface area contributed by atoms with E-state index in [-0.39, 0.29) is 11.8 Å². The molecule has 1 fully saturated rings. The number of anilines is 1. The number of carbonyl (C=O) groups is 1. The van der Waals surface area contributed by atoms with Gasteiger partial charge in [0.15, 0.2) is 0 Å². The average molecular weight is 262 g/mol. The van der Waals surface area contributed by atoms with Gasteiger partial charge >= 0.3 is 0 Å². The van der Waals surface area contributed by atoms with Crippen LogP contribution < -0.4 is 11.1 Å². The van der Waals surface area contributed by atoms with Gasteiger partial charge < -0.3 is 11.1 Å². The number of pyridine rings is 1. The summed E-state index contributed by atoms with van der Waals surface area (Å²) in [6, 6.07) is 4.09. The zero-order valence-corrected chi connectivity index (χ0v) is 11.4. The maximum Gasteiger partial charge on any atom is 0.221 e. The predicted molar refractivity (Wildman–Crippen MR) is 75.6 cm³/mol. The molecule has 0 bridgehead atoms. The summed E-state index contributed by atoms with van der Waals surface area (Å²) in [6.45, 7) is 5.61. The van der Waals surface area contributed by atoms with E-state index in [1.807, 2.05) is 12.3 Å². The van der Waals surface area contributed by atoms with Gasteiger partial charge in [0.2, 0.25) is 5.91 Å². The summed E-state index contributed by atoms with van der Waals surface area (Å²) in [5.41, 5.74) is 6.51. The highest BCUT2D eigenvalue weighted by Gasteiger charge is 2.26. The number of primary amides is 1. The van der Waals surface area contributed by atoms with Crippen LogP contribution in [0.4, 0.5) is 5.82 Å². The fourth-order valence-electron chi connectivity index (χ4n) is 2.34. The molecule has 2 rings (SSSR count). The van der Waals surface area contributed by atoms with Crippen LogP contribution in [0.3, 0.4) is 0 Å². The second-order valence-electron chi connectivity index (χ2n) is 5.10. The van der Waals surface area contributed by atoms with Gasteiger partial charge in [0, 0.05) is 25.8 Å². The number of aromatic nitrogens is 1. The molecule has 0 radical (unpaired) electrons. The van der Waals surface area contributed by atoms with E-state index in [1.54, 1.807) is 0 Å². The van der Waals surface area contributed by atoms with Gasteiger partial charge in [-0.1, -0.05) is 13.0 Å². The molecule has 1 aromatic heterocycles. The van der Waals surface area contributed by atoms with Crippen molar-refractivity contribution in [1.29, 1.82) is 0 Å². The third kappa shape index (κ3) is 3.92. The van der Waals surface area contributed by atoms with E-state index >= 15 is 0 Å². The summed E-state index contributed by atoms with van der Waals surface area (Å²) in [7, 11) is 0.